The Morgan fingerprint density at radius 3 is 2.09 bits per heavy atom. The number of aromatic nitrogens is 2. The molecule has 1 unspecified atom stereocenters. The third-order valence-electron chi connectivity index (χ3n) is 8.09. The predicted octanol–water partition coefficient (Wildman–Crippen LogP) is 9.32. The van der Waals surface area contributed by atoms with Gasteiger partial charge >= 0.3 is 12.4 Å². The van der Waals surface area contributed by atoms with E-state index in [9.17, 15) is 30.7 Å². The van der Waals surface area contributed by atoms with Crippen molar-refractivity contribution in [3.8, 4) is 5.75 Å². The second-order valence-corrected chi connectivity index (χ2v) is 12.3. The van der Waals surface area contributed by atoms with E-state index in [2.05, 4.69) is 9.97 Å². The van der Waals surface area contributed by atoms with Gasteiger partial charge < -0.3 is 14.5 Å². The summed E-state index contributed by atoms with van der Waals surface area (Å²) in [6, 6.07) is 2.03. The third kappa shape index (κ3) is 8.95. The average Bonchev–Trinajstić information content (AvgIpc) is 3.51. The van der Waals surface area contributed by atoms with Crippen LogP contribution in [0.5, 0.6) is 5.75 Å². The van der Waals surface area contributed by atoms with E-state index in [4.69, 9.17) is 4.74 Å². The molecule has 1 aliphatic carbocycles. The minimum absolute atomic E-state index is 0.0555. The zero-order valence-electron chi connectivity index (χ0n) is 25.7. The van der Waals surface area contributed by atoms with Crippen LogP contribution in [-0.2, 0) is 18.9 Å². The van der Waals surface area contributed by atoms with E-state index in [0.717, 1.165) is 37.8 Å². The van der Waals surface area contributed by atoms with Crippen LogP contribution in [0, 0.1) is 17.6 Å². The van der Waals surface area contributed by atoms with E-state index in [0.29, 0.717) is 49.2 Å². The first-order valence-electron chi connectivity index (χ1n) is 14.9. The molecule has 0 N–H and O–H groups in total. The molecule has 1 heterocycles. The van der Waals surface area contributed by atoms with Crippen molar-refractivity contribution < 1.29 is 39.9 Å². The molecule has 4 rings (SSSR count). The van der Waals surface area contributed by atoms with Gasteiger partial charge in [-0.25, -0.2) is 18.7 Å². The Balaban J connectivity index is 1.82. The van der Waals surface area contributed by atoms with Gasteiger partial charge in [-0.2, -0.15) is 38.1 Å². The minimum atomic E-state index is -5.06. The molecule has 1 aliphatic rings. The predicted molar refractivity (Wildman–Crippen MR) is 163 cm³/mol. The molecule has 14 heteroatoms. The van der Waals surface area contributed by atoms with Crippen molar-refractivity contribution in [3.63, 3.8) is 0 Å². The van der Waals surface area contributed by atoms with Gasteiger partial charge in [-0.1, -0.05) is 12.8 Å². The highest BCUT2D eigenvalue weighted by atomic mass is 32.2. The SMILES string of the molecule is CCN(CC1CCCC1)c1c(F)cc(F)cc1CN(c1ncc(OCCSC)cn1)C(C)c1cc(C(F)(F)F)cc(C(F)(F)F)c1. The normalized spacial score (nSPS) is 14.8. The third-order valence-corrected chi connectivity index (χ3v) is 8.66. The van der Waals surface area contributed by atoms with Gasteiger partial charge in [-0.3, -0.25) is 0 Å². The maximum Gasteiger partial charge on any atom is 0.416 e. The molecule has 0 aliphatic heterocycles. The molecular weight excluding hydrogens is 640 g/mol. The molecule has 2 aromatic carbocycles. The first-order valence-corrected chi connectivity index (χ1v) is 16.3. The molecular formula is C32H36F8N4OS. The zero-order chi connectivity index (χ0) is 33.6. The van der Waals surface area contributed by atoms with Crippen LogP contribution in [0.1, 0.15) is 67.8 Å². The lowest BCUT2D eigenvalue weighted by atomic mass is 9.98. The van der Waals surface area contributed by atoms with Crippen LogP contribution in [0.4, 0.5) is 46.8 Å². The van der Waals surface area contributed by atoms with Crippen LogP contribution in [0.3, 0.4) is 0 Å². The first kappa shape index (κ1) is 35.6. The lowest BCUT2D eigenvalue weighted by Gasteiger charge is -2.34. The molecule has 0 saturated heterocycles. The number of ether oxygens (including phenoxy) is 1. The Labute approximate surface area is 267 Å². The van der Waals surface area contributed by atoms with Crippen molar-refractivity contribution in [1.82, 2.24) is 9.97 Å². The summed E-state index contributed by atoms with van der Waals surface area (Å²) in [4.78, 5) is 11.7. The second-order valence-electron chi connectivity index (χ2n) is 11.3. The van der Waals surface area contributed by atoms with Gasteiger partial charge in [-0.05, 0) is 68.7 Å². The fraction of sp³-hybridized carbons (Fsp3) is 0.500. The van der Waals surface area contributed by atoms with Gasteiger partial charge in [0.15, 0.2) is 5.75 Å². The summed E-state index contributed by atoms with van der Waals surface area (Å²) in [6.45, 7) is 4.17. The summed E-state index contributed by atoms with van der Waals surface area (Å²) >= 11 is 1.56. The number of alkyl halides is 6. The highest BCUT2D eigenvalue weighted by molar-refractivity contribution is 7.98. The summed E-state index contributed by atoms with van der Waals surface area (Å²) in [6.07, 6.45) is -1.52. The van der Waals surface area contributed by atoms with Crippen molar-refractivity contribution in [2.75, 3.05) is 41.5 Å². The van der Waals surface area contributed by atoms with E-state index >= 15 is 4.39 Å². The average molecular weight is 677 g/mol. The molecule has 0 amide bonds. The van der Waals surface area contributed by atoms with Gasteiger partial charge in [0.25, 0.3) is 0 Å². The maximum absolute atomic E-state index is 15.6. The summed E-state index contributed by atoms with van der Waals surface area (Å²) in [5.41, 5.74) is -3.02. The molecule has 1 aromatic heterocycles. The zero-order valence-corrected chi connectivity index (χ0v) is 26.5. The van der Waals surface area contributed by atoms with Gasteiger partial charge in [0.1, 0.15) is 11.6 Å². The molecule has 1 fully saturated rings. The highest BCUT2D eigenvalue weighted by Gasteiger charge is 2.38. The van der Waals surface area contributed by atoms with Crippen LogP contribution in [0.25, 0.3) is 0 Å². The largest absolute Gasteiger partial charge is 0.489 e. The second kappa shape index (κ2) is 15.1. The Morgan fingerprint density at radius 1 is 0.935 bits per heavy atom. The highest BCUT2D eigenvalue weighted by Crippen LogP contribution is 2.40. The molecule has 252 valence electrons. The number of thioether (sulfide) groups is 1. The van der Waals surface area contributed by atoms with Gasteiger partial charge in [0.05, 0.1) is 41.9 Å². The van der Waals surface area contributed by atoms with Crippen LogP contribution in [0.2, 0.25) is 0 Å². The molecule has 0 bridgehead atoms. The fourth-order valence-corrected chi connectivity index (χ4v) is 5.97. The molecule has 1 saturated carbocycles. The van der Waals surface area contributed by atoms with Crippen molar-refractivity contribution in [3.05, 3.63) is 76.6 Å². The van der Waals surface area contributed by atoms with E-state index < -0.39 is 41.2 Å². The number of rotatable bonds is 13. The fourth-order valence-electron chi connectivity index (χ4n) is 5.72. The van der Waals surface area contributed by atoms with Crippen LogP contribution in [0.15, 0.2) is 42.7 Å². The maximum atomic E-state index is 15.6. The Hall–Kier alpha value is -3.29. The number of nitrogens with zero attached hydrogens (tertiary/aromatic N) is 4. The molecule has 46 heavy (non-hydrogen) atoms. The van der Waals surface area contributed by atoms with Crippen LogP contribution < -0.4 is 14.5 Å². The standard InChI is InChI=1S/C32H36F8N4OS/c1-4-43(18-21-7-5-6-8-21)29-23(13-26(33)15-28(29)34)19-44(30-41-16-27(17-42-30)45-9-10-46-3)20(2)22-11-24(31(35,36)37)14-25(12-22)32(38,39)40/h11-17,20-21H,4-10,18-19H2,1-3H3. The molecule has 1 atom stereocenters. The van der Waals surface area contributed by atoms with E-state index in [1.54, 1.807) is 16.7 Å². The molecule has 0 spiro atoms. The smallest absolute Gasteiger partial charge is 0.416 e. The number of hydrogen-bond donors (Lipinski definition) is 0. The Kier molecular flexibility index (Phi) is 11.7. The topological polar surface area (TPSA) is 41.5 Å². The van der Waals surface area contributed by atoms with E-state index in [1.807, 2.05) is 13.2 Å². The van der Waals surface area contributed by atoms with Gasteiger partial charge in [-0.15, -0.1) is 0 Å². The van der Waals surface area contributed by atoms with Crippen LogP contribution >= 0.6 is 11.8 Å². The van der Waals surface area contributed by atoms with Gasteiger partial charge in [0.2, 0.25) is 5.95 Å². The summed E-state index contributed by atoms with van der Waals surface area (Å²) in [7, 11) is 0. The number of benzene rings is 2. The number of hydrogen-bond acceptors (Lipinski definition) is 6. The van der Waals surface area contributed by atoms with E-state index in [1.165, 1.54) is 24.2 Å². The monoisotopic (exact) mass is 676 g/mol. The lowest BCUT2D eigenvalue weighted by Crippen LogP contribution is -2.33. The number of halogens is 8. The Morgan fingerprint density at radius 2 is 1.54 bits per heavy atom. The summed E-state index contributed by atoms with van der Waals surface area (Å²) < 4.78 is 119. The van der Waals surface area contributed by atoms with Crippen molar-refractivity contribution >= 4 is 23.4 Å². The van der Waals surface area contributed by atoms with Gasteiger partial charge in [0, 0.05) is 37.0 Å². The first-order chi connectivity index (χ1) is 21.7. The molecule has 3 aromatic rings. The quantitative estimate of drug-likeness (QED) is 0.133. The summed E-state index contributed by atoms with van der Waals surface area (Å²) in [5.74, 6) is -0.484. The van der Waals surface area contributed by atoms with Crippen molar-refractivity contribution in [2.45, 2.75) is 64.5 Å². The minimum Gasteiger partial charge on any atom is -0.489 e. The summed E-state index contributed by atoms with van der Waals surface area (Å²) in [5, 5.41) is 0. The number of anilines is 2. The Bertz CT molecular complexity index is 1410. The van der Waals surface area contributed by atoms with Crippen LogP contribution in [-0.4, -0.2) is 41.7 Å². The lowest BCUT2D eigenvalue weighted by molar-refractivity contribution is -0.143. The van der Waals surface area contributed by atoms with Crippen molar-refractivity contribution in [2.24, 2.45) is 5.92 Å². The van der Waals surface area contributed by atoms with E-state index in [-0.39, 0.29) is 35.4 Å². The van der Waals surface area contributed by atoms with Crippen molar-refractivity contribution in [1.29, 1.82) is 0 Å². The molecule has 0 radical (unpaired) electrons. The molecule has 5 nitrogen and oxygen atoms in total.